The zero-order valence-corrected chi connectivity index (χ0v) is 35.1. The van der Waals surface area contributed by atoms with E-state index < -0.39 is 0 Å². The molecule has 294 valence electrons. The van der Waals surface area contributed by atoms with Crippen molar-refractivity contribution >= 4 is 43.1 Å². The van der Waals surface area contributed by atoms with Crippen LogP contribution in [0.5, 0.6) is 0 Å². The molecule has 1 atom stereocenters. The molecule has 0 saturated carbocycles. The third-order valence-electron chi connectivity index (χ3n) is 14.1. The quantitative estimate of drug-likeness (QED) is 0.170. The smallest absolute Gasteiger partial charge is 0.159 e. The second kappa shape index (κ2) is 14.1. The number of aliphatic imine (C=N–C) groups is 2. The number of thiophene rings is 1. The highest BCUT2D eigenvalue weighted by Gasteiger charge is 2.52. The van der Waals surface area contributed by atoms with Crippen molar-refractivity contribution in [2.75, 3.05) is 0 Å². The van der Waals surface area contributed by atoms with Gasteiger partial charge in [-0.25, -0.2) is 9.98 Å². The molecule has 3 heteroatoms. The predicted molar refractivity (Wildman–Crippen MR) is 260 cm³/mol. The monoisotopic (exact) mass is 810 g/mol. The van der Waals surface area contributed by atoms with Gasteiger partial charge < -0.3 is 0 Å². The van der Waals surface area contributed by atoms with E-state index in [1.54, 1.807) is 0 Å². The summed E-state index contributed by atoms with van der Waals surface area (Å²) in [6.45, 7) is 0. The molecule has 8 aromatic carbocycles. The lowest BCUT2D eigenvalue weighted by atomic mass is 9.70. The Balaban J connectivity index is 0.976. The molecule has 1 aliphatic heterocycles. The SMILES string of the molecule is C1=C(C2CCc3ccc4c(c3-c3ccccc32)-c2ccccc2C42c3ccccc3-c3ccccc32)N=C(c2ccccc2)N=C(c2ccc3c(c2)sc2ccccc23)CCC1. The van der Waals surface area contributed by atoms with Crippen molar-refractivity contribution in [2.45, 2.75) is 43.4 Å². The van der Waals surface area contributed by atoms with Gasteiger partial charge in [-0.15, -0.1) is 11.3 Å². The van der Waals surface area contributed by atoms with Crippen LogP contribution in [0.25, 0.3) is 53.6 Å². The van der Waals surface area contributed by atoms with Crippen LogP contribution in [-0.2, 0) is 11.8 Å². The fourth-order valence-electron chi connectivity index (χ4n) is 11.5. The number of benzene rings is 8. The van der Waals surface area contributed by atoms with Gasteiger partial charge in [0.25, 0.3) is 0 Å². The van der Waals surface area contributed by atoms with Crippen molar-refractivity contribution in [2.24, 2.45) is 9.98 Å². The van der Waals surface area contributed by atoms with Gasteiger partial charge in [0.2, 0.25) is 0 Å². The van der Waals surface area contributed by atoms with Crippen LogP contribution in [0, 0.1) is 0 Å². The van der Waals surface area contributed by atoms with Gasteiger partial charge in [0.05, 0.1) is 11.1 Å². The maximum absolute atomic E-state index is 5.67. The molecule has 13 rings (SSSR count). The van der Waals surface area contributed by atoms with Crippen molar-refractivity contribution in [3.63, 3.8) is 0 Å². The predicted octanol–water partition coefficient (Wildman–Crippen LogP) is 15.1. The number of amidine groups is 1. The highest BCUT2D eigenvalue weighted by molar-refractivity contribution is 7.25. The Labute approximate surface area is 366 Å². The summed E-state index contributed by atoms with van der Waals surface area (Å²) in [7, 11) is 0. The van der Waals surface area contributed by atoms with Crippen LogP contribution in [0.15, 0.2) is 204 Å². The van der Waals surface area contributed by atoms with Gasteiger partial charge in [-0.2, -0.15) is 0 Å². The Morgan fingerprint density at radius 3 is 1.95 bits per heavy atom. The van der Waals surface area contributed by atoms with Crippen molar-refractivity contribution in [1.29, 1.82) is 0 Å². The molecule has 62 heavy (non-hydrogen) atoms. The number of allylic oxidation sites excluding steroid dienone is 2. The lowest BCUT2D eigenvalue weighted by Gasteiger charge is -2.30. The zero-order chi connectivity index (χ0) is 40.8. The molecule has 0 bridgehead atoms. The summed E-state index contributed by atoms with van der Waals surface area (Å²) in [5.41, 5.74) is 20.5. The third kappa shape index (κ3) is 5.21. The number of hydrogen-bond acceptors (Lipinski definition) is 3. The summed E-state index contributed by atoms with van der Waals surface area (Å²) in [5.74, 6) is 0.901. The minimum atomic E-state index is -0.374. The van der Waals surface area contributed by atoms with Crippen LogP contribution >= 0.6 is 11.3 Å². The molecule has 1 unspecified atom stereocenters. The summed E-state index contributed by atoms with van der Waals surface area (Å²) >= 11 is 1.87. The van der Waals surface area contributed by atoms with E-state index in [1.165, 1.54) is 92.5 Å². The minimum absolute atomic E-state index is 0.109. The molecular weight excluding hydrogens is 769 g/mol. The van der Waals surface area contributed by atoms with Crippen molar-refractivity contribution < 1.29 is 0 Å². The largest absolute Gasteiger partial charge is 0.233 e. The average Bonchev–Trinajstić information content (AvgIpc) is 3.94. The Morgan fingerprint density at radius 1 is 0.484 bits per heavy atom. The molecule has 0 saturated heterocycles. The Bertz CT molecular complexity index is 3350. The number of rotatable bonds is 3. The van der Waals surface area contributed by atoms with Gasteiger partial charge >= 0.3 is 0 Å². The van der Waals surface area contributed by atoms with Crippen LogP contribution in [0.3, 0.4) is 0 Å². The van der Waals surface area contributed by atoms with Gasteiger partial charge in [0, 0.05) is 37.4 Å². The first-order valence-corrected chi connectivity index (χ1v) is 23.0. The standard InChI is InChI=1S/C59H42N2S/c1-2-16-38(17-3-1)58-60-52(39-31-34-45-44-21-9-15-29-54(44)62-55(45)36-39)27-13-14-28-53(61-58)43-33-30-37-32-35-51-57(56(37)46-22-5-4-18-40(43)46)47-23-8-12-26-50(47)59(51)48-24-10-6-19-41(48)42-20-7-11-25-49(42)59/h1-12,15-26,28-29,31-32,34-36,43H,13-14,27,30,33H2. The Hall–Kier alpha value is -6.94. The van der Waals surface area contributed by atoms with Gasteiger partial charge in [-0.3, -0.25) is 0 Å². The van der Waals surface area contributed by atoms with Crippen LogP contribution in [0.4, 0.5) is 0 Å². The Morgan fingerprint density at radius 2 is 1.15 bits per heavy atom. The molecule has 0 radical (unpaired) electrons. The molecule has 0 N–H and O–H groups in total. The fraction of sp³-hybridized carbons (Fsp3) is 0.119. The maximum atomic E-state index is 5.67. The van der Waals surface area contributed by atoms with Gasteiger partial charge in [-0.1, -0.05) is 176 Å². The fourth-order valence-corrected chi connectivity index (χ4v) is 12.6. The summed E-state index contributed by atoms with van der Waals surface area (Å²) in [6.07, 6.45) is 7.21. The highest BCUT2D eigenvalue weighted by atomic mass is 32.1. The van der Waals surface area contributed by atoms with Gasteiger partial charge in [0.1, 0.15) is 0 Å². The molecule has 4 aliphatic rings. The molecule has 2 heterocycles. The third-order valence-corrected chi connectivity index (χ3v) is 15.2. The number of fused-ring (bicyclic) bond motifs is 17. The molecular formula is C59H42N2S. The number of nitrogens with zero attached hydrogens (tertiary/aromatic N) is 2. The van der Waals surface area contributed by atoms with Crippen LogP contribution in [0.1, 0.15) is 76.1 Å². The van der Waals surface area contributed by atoms with E-state index >= 15 is 0 Å². The van der Waals surface area contributed by atoms with Crippen LogP contribution in [0.2, 0.25) is 0 Å². The van der Waals surface area contributed by atoms with E-state index in [2.05, 4.69) is 188 Å². The summed E-state index contributed by atoms with van der Waals surface area (Å²) in [5, 5.41) is 2.64. The molecule has 0 fully saturated rings. The normalized spacial score (nSPS) is 17.0. The van der Waals surface area contributed by atoms with Crippen molar-refractivity contribution in [1.82, 2.24) is 0 Å². The molecule has 1 aromatic heterocycles. The molecule has 9 aromatic rings. The zero-order valence-electron chi connectivity index (χ0n) is 34.3. The minimum Gasteiger partial charge on any atom is -0.233 e. The van der Waals surface area contributed by atoms with Crippen LogP contribution in [-0.4, -0.2) is 11.5 Å². The molecule has 2 nitrogen and oxygen atoms in total. The van der Waals surface area contributed by atoms with Crippen molar-refractivity contribution in [3.8, 4) is 33.4 Å². The molecule has 0 amide bonds. The summed E-state index contributed by atoms with van der Waals surface area (Å²) in [4.78, 5) is 11.2. The second-order valence-electron chi connectivity index (χ2n) is 17.3. The first-order chi connectivity index (χ1) is 30.8. The summed E-state index contributed by atoms with van der Waals surface area (Å²) in [6, 6.07) is 67.9. The topological polar surface area (TPSA) is 24.7 Å². The molecule has 3 aliphatic carbocycles. The van der Waals surface area contributed by atoms with Crippen LogP contribution < -0.4 is 0 Å². The van der Waals surface area contributed by atoms with E-state index in [4.69, 9.17) is 9.98 Å². The van der Waals surface area contributed by atoms with E-state index in [-0.39, 0.29) is 11.3 Å². The van der Waals surface area contributed by atoms with E-state index in [9.17, 15) is 0 Å². The first-order valence-electron chi connectivity index (χ1n) is 22.1. The molecule has 1 spiro atoms. The highest BCUT2D eigenvalue weighted by Crippen LogP contribution is 2.65. The second-order valence-corrected chi connectivity index (χ2v) is 18.4. The number of aryl methyl sites for hydroxylation is 1. The van der Waals surface area contributed by atoms with E-state index in [0.29, 0.717) is 0 Å². The summed E-state index contributed by atoms with van der Waals surface area (Å²) < 4.78 is 2.63. The maximum Gasteiger partial charge on any atom is 0.159 e. The van der Waals surface area contributed by atoms with E-state index in [0.717, 1.165) is 54.9 Å². The average molecular weight is 811 g/mol. The number of hydrogen-bond donors (Lipinski definition) is 0. The van der Waals surface area contributed by atoms with Gasteiger partial charge in [0.15, 0.2) is 5.84 Å². The lowest BCUT2D eigenvalue weighted by Crippen LogP contribution is -2.25. The van der Waals surface area contributed by atoms with Crippen molar-refractivity contribution in [3.05, 3.63) is 238 Å². The Kier molecular flexibility index (Phi) is 8.11. The van der Waals surface area contributed by atoms with E-state index in [1.807, 2.05) is 11.3 Å². The lowest BCUT2D eigenvalue weighted by molar-refractivity contribution is 0.699. The van der Waals surface area contributed by atoms with Gasteiger partial charge in [-0.05, 0) is 117 Å². The first kappa shape index (κ1) is 35.8.